The van der Waals surface area contributed by atoms with Crippen LogP contribution in [0.1, 0.15) is 16.5 Å². The Kier molecular flexibility index (Phi) is 4.89. The van der Waals surface area contributed by atoms with E-state index in [0.717, 1.165) is 29.6 Å². The first-order valence-corrected chi connectivity index (χ1v) is 9.85. The van der Waals surface area contributed by atoms with E-state index in [9.17, 15) is 0 Å². The molecule has 1 aliphatic rings. The molecule has 1 aliphatic heterocycles. The van der Waals surface area contributed by atoms with Gasteiger partial charge in [0.15, 0.2) is 0 Å². The fourth-order valence-corrected chi connectivity index (χ4v) is 5.05. The molecule has 1 fully saturated rings. The zero-order valence-corrected chi connectivity index (χ0v) is 15.7. The van der Waals surface area contributed by atoms with Crippen molar-refractivity contribution >= 4 is 34.1 Å². The van der Waals surface area contributed by atoms with Gasteiger partial charge in [-0.2, -0.15) is 0 Å². The third-order valence-corrected chi connectivity index (χ3v) is 6.35. The Balaban J connectivity index is 1.75. The first-order valence-electron chi connectivity index (χ1n) is 8.42. The van der Waals surface area contributed by atoms with E-state index in [-0.39, 0.29) is 5.37 Å². The smallest absolute Gasteiger partial charge is 0.125 e. The molecule has 0 N–H and O–H groups in total. The highest BCUT2D eigenvalue weighted by Gasteiger charge is 2.30. The van der Waals surface area contributed by atoms with Crippen LogP contribution < -0.4 is 4.74 Å². The maximum absolute atomic E-state index is 6.39. The van der Waals surface area contributed by atoms with Crippen LogP contribution in [0, 0.1) is 0 Å². The van der Waals surface area contributed by atoms with Crippen LogP contribution >= 0.6 is 23.4 Å². The van der Waals surface area contributed by atoms with E-state index in [1.807, 2.05) is 23.9 Å². The SMILES string of the molecule is COc1ccc2ccccc2c1C1SCCN1Cc1ccccc1Cl. The summed E-state index contributed by atoms with van der Waals surface area (Å²) in [6.07, 6.45) is 0. The Labute approximate surface area is 157 Å². The summed E-state index contributed by atoms with van der Waals surface area (Å²) in [5.41, 5.74) is 2.45. The maximum Gasteiger partial charge on any atom is 0.125 e. The third kappa shape index (κ3) is 3.24. The fourth-order valence-electron chi connectivity index (χ4n) is 3.49. The molecule has 1 unspecified atom stereocenters. The molecular weight excluding hydrogens is 350 g/mol. The number of methoxy groups -OCH3 is 1. The van der Waals surface area contributed by atoms with E-state index in [1.165, 1.54) is 21.9 Å². The van der Waals surface area contributed by atoms with Crippen LogP contribution in [0.2, 0.25) is 5.02 Å². The Morgan fingerprint density at radius 3 is 2.72 bits per heavy atom. The second kappa shape index (κ2) is 7.28. The minimum atomic E-state index is 0.275. The third-order valence-electron chi connectivity index (χ3n) is 4.71. The van der Waals surface area contributed by atoms with Crippen molar-refractivity contribution in [2.45, 2.75) is 11.9 Å². The number of nitrogens with zero attached hydrogens (tertiary/aromatic N) is 1. The van der Waals surface area contributed by atoms with Crippen molar-refractivity contribution in [3.05, 3.63) is 76.8 Å². The summed E-state index contributed by atoms with van der Waals surface area (Å²) in [5.74, 6) is 2.07. The number of halogens is 1. The molecule has 0 aliphatic carbocycles. The van der Waals surface area contributed by atoms with Gasteiger partial charge in [-0.25, -0.2) is 0 Å². The summed E-state index contributed by atoms with van der Waals surface area (Å²) in [6.45, 7) is 1.90. The molecule has 1 atom stereocenters. The molecule has 0 saturated carbocycles. The summed E-state index contributed by atoms with van der Waals surface area (Å²) in [4.78, 5) is 2.50. The second-order valence-corrected chi connectivity index (χ2v) is 7.78. The Bertz CT molecular complexity index is 898. The molecule has 0 aromatic heterocycles. The van der Waals surface area contributed by atoms with Crippen molar-refractivity contribution in [1.82, 2.24) is 4.90 Å². The highest BCUT2D eigenvalue weighted by Crippen LogP contribution is 2.45. The minimum Gasteiger partial charge on any atom is -0.496 e. The van der Waals surface area contributed by atoms with Crippen LogP contribution in [0.4, 0.5) is 0 Å². The van der Waals surface area contributed by atoms with Crippen molar-refractivity contribution < 1.29 is 4.74 Å². The molecule has 4 rings (SSSR count). The van der Waals surface area contributed by atoms with E-state index in [1.54, 1.807) is 7.11 Å². The quantitative estimate of drug-likeness (QED) is 0.581. The van der Waals surface area contributed by atoms with Crippen LogP contribution in [0.5, 0.6) is 5.75 Å². The molecule has 2 nitrogen and oxygen atoms in total. The molecule has 0 radical (unpaired) electrons. The van der Waals surface area contributed by atoms with Crippen LogP contribution in [-0.2, 0) is 6.54 Å². The van der Waals surface area contributed by atoms with Crippen molar-refractivity contribution in [2.75, 3.05) is 19.4 Å². The lowest BCUT2D eigenvalue weighted by Crippen LogP contribution is -2.23. The van der Waals surface area contributed by atoms with Gasteiger partial charge in [-0.15, -0.1) is 11.8 Å². The number of hydrogen-bond donors (Lipinski definition) is 0. The van der Waals surface area contributed by atoms with Crippen molar-refractivity contribution in [2.24, 2.45) is 0 Å². The van der Waals surface area contributed by atoms with Gasteiger partial charge in [-0.1, -0.05) is 60.1 Å². The van der Waals surface area contributed by atoms with Crippen molar-refractivity contribution in [3.8, 4) is 5.75 Å². The van der Waals surface area contributed by atoms with Crippen LogP contribution in [0.25, 0.3) is 10.8 Å². The standard InChI is InChI=1S/C21H20ClNOS/c1-24-19-11-10-15-6-2-4-8-17(15)20(19)21-23(12-13-25-21)14-16-7-3-5-9-18(16)22/h2-11,21H,12-14H2,1H3. The van der Waals surface area contributed by atoms with Gasteiger partial charge in [0.05, 0.1) is 12.5 Å². The molecule has 1 heterocycles. The van der Waals surface area contributed by atoms with Gasteiger partial charge in [0.2, 0.25) is 0 Å². The summed E-state index contributed by atoms with van der Waals surface area (Å²) >= 11 is 8.37. The topological polar surface area (TPSA) is 12.5 Å². The molecule has 25 heavy (non-hydrogen) atoms. The van der Waals surface area contributed by atoms with Crippen molar-refractivity contribution in [1.29, 1.82) is 0 Å². The normalized spacial score (nSPS) is 17.9. The van der Waals surface area contributed by atoms with Gasteiger partial charge >= 0.3 is 0 Å². The zero-order valence-electron chi connectivity index (χ0n) is 14.1. The Morgan fingerprint density at radius 2 is 1.88 bits per heavy atom. The van der Waals surface area contributed by atoms with E-state index in [0.29, 0.717) is 0 Å². The van der Waals surface area contributed by atoms with Gasteiger partial charge in [-0.05, 0) is 28.5 Å². The van der Waals surface area contributed by atoms with Gasteiger partial charge in [0.1, 0.15) is 5.75 Å². The van der Waals surface area contributed by atoms with Gasteiger partial charge < -0.3 is 4.74 Å². The summed E-state index contributed by atoms with van der Waals surface area (Å²) in [5, 5.41) is 3.63. The molecule has 3 aromatic carbocycles. The lowest BCUT2D eigenvalue weighted by molar-refractivity contribution is 0.277. The molecule has 128 valence electrons. The van der Waals surface area contributed by atoms with Crippen LogP contribution in [-0.4, -0.2) is 24.3 Å². The number of fused-ring (bicyclic) bond motifs is 1. The second-order valence-electron chi connectivity index (χ2n) is 6.19. The van der Waals surface area contributed by atoms with E-state index < -0.39 is 0 Å². The number of benzene rings is 3. The van der Waals surface area contributed by atoms with Gasteiger partial charge in [0.25, 0.3) is 0 Å². The average Bonchev–Trinajstić information content (AvgIpc) is 3.10. The largest absolute Gasteiger partial charge is 0.496 e. The Morgan fingerprint density at radius 1 is 1.08 bits per heavy atom. The van der Waals surface area contributed by atoms with E-state index in [2.05, 4.69) is 53.4 Å². The molecule has 0 amide bonds. The number of thioether (sulfide) groups is 1. The molecule has 0 bridgehead atoms. The highest BCUT2D eigenvalue weighted by atomic mass is 35.5. The summed E-state index contributed by atoms with van der Waals surface area (Å²) < 4.78 is 5.72. The van der Waals surface area contributed by atoms with Crippen LogP contribution in [0.3, 0.4) is 0 Å². The predicted octanol–water partition coefficient (Wildman–Crippen LogP) is 5.75. The lowest BCUT2D eigenvalue weighted by atomic mass is 10.0. The van der Waals surface area contributed by atoms with E-state index >= 15 is 0 Å². The fraction of sp³-hybridized carbons (Fsp3) is 0.238. The summed E-state index contributed by atoms with van der Waals surface area (Å²) in [7, 11) is 1.76. The number of rotatable bonds is 4. The Hall–Kier alpha value is -1.68. The number of ether oxygens (including phenoxy) is 1. The molecule has 1 saturated heterocycles. The zero-order chi connectivity index (χ0) is 17.2. The highest BCUT2D eigenvalue weighted by molar-refractivity contribution is 7.99. The van der Waals surface area contributed by atoms with Gasteiger partial charge in [-0.3, -0.25) is 4.90 Å². The number of hydrogen-bond acceptors (Lipinski definition) is 3. The molecule has 3 aromatic rings. The lowest BCUT2D eigenvalue weighted by Gasteiger charge is -2.27. The summed E-state index contributed by atoms with van der Waals surface area (Å²) in [6, 6.07) is 20.9. The average molecular weight is 370 g/mol. The van der Waals surface area contributed by atoms with Crippen molar-refractivity contribution in [3.63, 3.8) is 0 Å². The first-order chi connectivity index (χ1) is 12.3. The maximum atomic E-state index is 6.39. The van der Waals surface area contributed by atoms with Gasteiger partial charge in [0, 0.05) is 29.4 Å². The monoisotopic (exact) mass is 369 g/mol. The molecule has 4 heteroatoms. The molecule has 0 spiro atoms. The first kappa shape index (κ1) is 16.8. The van der Waals surface area contributed by atoms with E-state index in [4.69, 9.17) is 16.3 Å². The minimum absolute atomic E-state index is 0.275. The molecular formula is C21H20ClNOS. The predicted molar refractivity (Wildman–Crippen MR) is 108 cm³/mol. The van der Waals surface area contributed by atoms with Crippen LogP contribution in [0.15, 0.2) is 60.7 Å².